The summed E-state index contributed by atoms with van der Waals surface area (Å²) in [4.78, 5) is 25.8. The van der Waals surface area contributed by atoms with E-state index in [1.807, 2.05) is 31.2 Å². The molecule has 1 unspecified atom stereocenters. The van der Waals surface area contributed by atoms with Gasteiger partial charge in [-0.15, -0.1) is 12.4 Å². The number of nitrogens with zero attached hydrogens (tertiary/aromatic N) is 1. The molecule has 0 aliphatic carbocycles. The van der Waals surface area contributed by atoms with Crippen molar-refractivity contribution in [2.24, 2.45) is 11.8 Å². The van der Waals surface area contributed by atoms with Crippen molar-refractivity contribution in [3.05, 3.63) is 28.7 Å². The zero-order valence-corrected chi connectivity index (χ0v) is 15.0. The van der Waals surface area contributed by atoms with Crippen molar-refractivity contribution >= 4 is 45.8 Å². The molecule has 0 radical (unpaired) electrons. The van der Waals surface area contributed by atoms with Gasteiger partial charge in [0.2, 0.25) is 11.8 Å². The molecule has 1 heterocycles. The van der Waals surface area contributed by atoms with Crippen LogP contribution in [0, 0.1) is 11.8 Å². The number of anilines is 1. The van der Waals surface area contributed by atoms with Crippen LogP contribution in [0.1, 0.15) is 6.92 Å². The quantitative estimate of drug-likeness (QED) is 0.809. The molecule has 1 aromatic carbocycles. The average molecular weight is 391 g/mol. The third-order valence-corrected chi connectivity index (χ3v) is 4.51. The normalized spacial score (nSPS) is 15.2. The number of para-hydroxylation sites is 1. The maximum absolute atomic E-state index is 12.2. The van der Waals surface area contributed by atoms with Gasteiger partial charge in [-0.05, 0) is 47.1 Å². The summed E-state index contributed by atoms with van der Waals surface area (Å²) >= 11 is 3.38. The standard InChI is InChI=1S/C15H20BrN3O2.ClH/c1-10(11-7-17-8-11)15(21)19(2)9-14(20)18-13-6-4-3-5-12(13)16;/h3-6,10-11,17H,7-9H2,1-2H3,(H,18,20);1H. The number of hydrogen-bond acceptors (Lipinski definition) is 3. The van der Waals surface area contributed by atoms with Gasteiger partial charge in [-0.1, -0.05) is 19.1 Å². The maximum Gasteiger partial charge on any atom is 0.244 e. The predicted octanol–water partition coefficient (Wildman–Crippen LogP) is 2.12. The van der Waals surface area contributed by atoms with Gasteiger partial charge >= 0.3 is 0 Å². The highest BCUT2D eigenvalue weighted by atomic mass is 79.9. The summed E-state index contributed by atoms with van der Waals surface area (Å²) in [6.45, 7) is 3.74. The summed E-state index contributed by atoms with van der Waals surface area (Å²) in [6, 6.07) is 7.40. The summed E-state index contributed by atoms with van der Waals surface area (Å²) < 4.78 is 0.821. The van der Waals surface area contributed by atoms with Crippen molar-refractivity contribution < 1.29 is 9.59 Å². The predicted molar refractivity (Wildman–Crippen MR) is 93.2 cm³/mol. The minimum atomic E-state index is -0.198. The number of carbonyl (C=O) groups is 2. The molecule has 22 heavy (non-hydrogen) atoms. The molecule has 2 amide bonds. The molecule has 0 saturated carbocycles. The van der Waals surface area contributed by atoms with E-state index in [0.29, 0.717) is 11.6 Å². The monoisotopic (exact) mass is 389 g/mol. The highest BCUT2D eigenvalue weighted by Crippen LogP contribution is 2.21. The van der Waals surface area contributed by atoms with Crippen molar-refractivity contribution in [3.63, 3.8) is 0 Å². The first-order chi connectivity index (χ1) is 9.99. The van der Waals surface area contributed by atoms with Gasteiger partial charge < -0.3 is 15.5 Å². The Morgan fingerprint density at radius 2 is 2.05 bits per heavy atom. The summed E-state index contributed by atoms with van der Waals surface area (Å²) in [7, 11) is 1.67. The molecule has 1 atom stereocenters. The van der Waals surface area contributed by atoms with Crippen LogP contribution >= 0.6 is 28.3 Å². The van der Waals surface area contributed by atoms with Crippen molar-refractivity contribution in [1.82, 2.24) is 10.2 Å². The smallest absolute Gasteiger partial charge is 0.244 e. The van der Waals surface area contributed by atoms with Gasteiger partial charge in [0.15, 0.2) is 0 Å². The fourth-order valence-electron chi connectivity index (χ4n) is 2.26. The van der Waals surface area contributed by atoms with Crippen LogP contribution in [-0.2, 0) is 9.59 Å². The Morgan fingerprint density at radius 1 is 1.41 bits per heavy atom. The van der Waals surface area contributed by atoms with Crippen LogP contribution in [0.3, 0.4) is 0 Å². The van der Waals surface area contributed by atoms with E-state index in [1.54, 1.807) is 7.05 Å². The number of benzene rings is 1. The van der Waals surface area contributed by atoms with Crippen molar-refractivity contribution in [3.8, 4) is 0 Å². The number of likely N-dealkylation sites (N-methyl/N-ethyl adjacent to an activating group) is 1. The first-order valence-corrected chi connectivity index (χ1v) is 7.78. The molecule has 1 aliphatic rings. The van der Waals surface area contributed by atoms with Gasteiger partial charge in [-0.2, -0.15) is 0 Å². The SMILES string of the molecule is CC(C(=O)N(C)CC(=O)Nc1ccccc1Br)C1CNC1.Cl. The van der Waals surface area contributed by atoms with Gasteiger partial charge in [0.1, 0.15) is 0 Å². The van der Waals surface area contributed by atoms with E-state index in [0.717, 1.165) is 17.6 Å². The van der Waals surface area contributed by atoms with Crippen molar-refractivity contribution in [2.75, 3.05) is 32.0 Å². The zero-order valence-electron chi connectivity index (χ0n) is 12.6. The molecule has 1 fully saturated rings. The topological polar surface area (TPSA) is 61.4 Å². The Labute approximate surface area is 145 Å². The molecular weight excluding hydrogens is 370 g/mol. The highest BCUT2D eigenvalue weighted by molar-refractivity contribution is 9.10. The fraction of sp³-hybridized carbons (Fsp3) is 0.467. The molecule has 1 aromatic rings. The van der Waals surface area contributed by atoms with Crippen molar-refractivity contribution in [2.45, 2.75) is 6.92 Å². The first-order valence-electron chi connectivity index (χ1n) is 6.99. The number of hydrogen-bond donors (Lipinski definition) is 2. The Bertz CT molecular complexity index is 537. The van der Waals surface area contributed by atoms with Gasteiger partial charge in [0.05, 0.1) is 12.2 Å². The van der Waals surface area contributed by atoms with E-state index in [1.165, 1.54) is 4.90 Å². The summed E-state index contributed by atoms with van der Waals surface area (Å²) in [5, 5.41) is 5.96. The number of rotatable bonds is 5. The van der Waals surface area contributed by atoms with E-state index >= 15 is 0 Å². The third-order valence-electron chi connectivity index (χ3n) is 3.81. The van der Waals surface area contributed by atoms with Crippen LogP contribution in [0.4, 0.5) is 5.69 Å². The second-order valence-corrected chi connectivity index (χ2v) is 6.28. The first kappa shape index (κ1) is 18.9. The second-order valence-electron chi connectivity index (χ2n) is 5.43. The van der Waals surface area contributed by atoms with E-state index in [2.05, 4.69) is 26.6 Å². The molecule has 122 valence electrons. The molecule has 7 heteroatoms. The van der Waals surface area contributed by atoms with Crippen LogP contribution < -0.4 is 10.6 Å². The van der Waals surface area contributed by atoms with E-state index in [-0.39, 0.29) is 36.7 Å². The molecule has 2 N–H and O–H groups in total. The molecule has 0 aromatic heterocycles. The Balaban J connectivity index is 0.00000242. The molecule has 0 bridgehead atoms. The lowest BCUT2D eigenvalue weighted by molar-refractivity contribution is -0.138. The van der Waals surface area contributed by atoms with Crippen LogP contribution in [0.5, 0.6) is 0 Å². The summed E-state index contributed by atoms with van der Waals surface area (Å²) in [5.74, 6) is 0.152. The lowest BCUT2D eigenvalue weighted by Crippen LogP contribution is -2.50. The Kier molecular flexibility index (Phi) is 7.32. The lowest BCUT2D eigenvalue weighted by Gasteiger charge is -2.33. The summed E-state index contributed by atoms with van der Waals surface area (Å²) in [5.41, 5.74) is 0.708. The maximum atomic E-state index is 12.2. The number of nitrogens with one attached hydrogen (secondary N) is 2. The second kappa shape index (κ2) is 8.50. The van der Waals surface area contributed by atoms with E-state index in [9.17, 15) is 9.59 Å². The molecular formula is C15H21BrClN3O2. The fourth-order valence-corrected chi connectivity index (χ4v) is 2.64. The molecule has 2 rings (SSSR count). The zero-order chi connectivity index (χ0) is 15.4. The van der Waals surface area contributed by atoms with Gasteiger partial charge in [-0.25, -0.2) is 0 Å². The molecule has 5 nitrogen and oxygen atoms in total. The van der Waals surface area contributed by atoms with E-state index < -0.39 is 0 Å². The molecule has 1 saturated heterocycles. The van der Waals surface area contributed by atoms with E-state index in [4.69, 9.17) is 0 Å². The Hall–Kier alpha value is -1.11. The number of halogens is 2. The van der Waals surface area contributed by atoms with Crippen LogP contribution in [0.15, 0.2) is 28.7 Å². The van der Waals surface area contributed by atoms with Gasteiger partial charge in [0, 0.05) is 17.4 Å². The largest absolute Gasteiger partial charge is 0.336 e. The molecule has 0 spiro atoms. The summed E-state index contributed by atoms with van der Waals surface area (Å²) in [6.07, 6.45) is 0. The van der Waals surface area contributed by atoms with Crippen LogP contribution in [-0.4, -0.2) is 43.4 Å². The number of amides is 2. The number of carbonyl (C=O) groups excluding carboxylic acids is 2. The average Bonchev–Trinajstić information content (AvgIpc) is 2.38. The minimum absolute atomic E-state index is 0. The van der Waals surface area contributed by atoms with Crippen LogP contribution in [0.2, 0.25) is 0 Å². The molecule has 1 aliphatic heterocycles. The van der Waals surface area contributed by atoms with Gasteiger partial charge in [0.25, 0.3) is 0 Å². The van der Waals surface area contributed by atoms with Crippen LogP contribution in [0.25, 0.3) is 0 Å². The highest BCUT2D eigenvalue weighted by Gasteiger charge is 2.30. The Morgan fingerprint density at radius 3 is 2.59 bits per heavy atom. The van der Waals surface area contributed by atoms with Crippen molar-refractivity contribution in [1.29, 1.82) is 0 Å². The lowest BCUT2D eigenvalue weighted by atomic mass is 9.88. The minimum Gasteiger partial charge on any atom is -0.336 e. The van der Waals surface area contributed by atoms with Gasteiger partial charge in [-0.3, -0.25) is 9.59 Å². The third kappa shape index (κ3) is 4.69.